The topological polar surface area (TPSA) is 47.6 Å². The van der Waals surface area contributed by atoms with Crippen molar-refractivity contribution in [1.82, 2.24) is 5.32 Å². The van der Waals surface area contributed by atoms with Crippen LogP contribution in [0.4, 0.5) is 0 Å². The standard InChI is InChI=1S/C9H17NO3/c1-3-4-6-13-7-5-10-8-9(11)12-2/h3,10H,1,4-8H2,2H3. The molecule has 0 saturated heterocycles. The number of rotatable bonds is 8. The number of hydrogen-bond acceptors (Lipinski definition) is 4. The molecule has 0 aromatic rings. The summed E-state index contributed by atoms with van der Waals surface area (Å²) in [6.45, 7) is 5.75. The van der Waals surface area contributed by atoms with E-state index in [0.717, 1.165) is 6.42 Å². The van der Waals surface area contributed by atoms with Gasteiger partial charge in [0.1, 0.15) is 0 Å². The van der Waals surface area contributed by atoms with Crippen LogP contribution in [0.5, 0.6) is 0 Å². The fraction of sp³-hybridized carbons (Fsp3) is 0.667. The molecular formula is C9H17NO3. The summed E-state index contributed by atoms with van der Waals surface area (Å²) < 4.78 is 9.64. The van der Waals surface area contributed by atoms with E-state index in [1.165, 1.54) is 7.11 Å². The predicted molar refractivity (Wildman–Crippen MR) is 50.5 cm³/mol. The minimum Gasteiger partial charge on any atom is -0.468 e. The quantitative estimate of drug-likeness (QED) is 0.338. The van der Waals surface area contributed by atoms with E-state index in [9.17, 15) is 4.79 Å². The van der Waals surface area contributed by atoms with Gasteiger partial charge in [0.05, 0.1) is 26.9 Å². The van der Waals surface area contributed by atoms with Gasteiger partial charge in [0.15, 0.2) is 0 Å². The lowest BCUT2D eigenvalue weighted by Crippen LogP contribution is -2.27. The molecule has 13 heavy (non-hydrogen) atoms. The first-order chi connectivity index (χ1) is 6.31. The average molecular weight is 187 g/mol. The van der Waals surface area contributed by atoms with E-state index in [4.69, 9.17) is 4.74 Å². The summed E-state index contributed by atoms with van der Waals surface area (Å²) in [4.78, 5) is 10.6. The lowest BCUT2D eigenvalue weighted by molar-refractivity contribution is -0.139. The number of ether oxygens (including phenoxy) is 2. The second-order valence-corrected chi connectivity index (χ2v) is 2.44. The molecule has 0 atom stereocenters. The van der Waals surface area contributed by atoms with Crippen LogP contribution >= 0.6 is 0 Å². The van der Waals surface area contributed by atoms with Gasteiger partial charge in [-0.25, -0.2) is 0 Å². The van der Waals surface area contributed by atoms with Gasteiger partial charge in [0.2, 0.25) is 0 Å². The highest BCUT2D eigenvalue weighted by molar-refractivity contribution is 5.71. The molecule has 4 nitrogen and oxygen atoms in total. The molecule has 0 aliphatic carbocycles. The lowest BCUT2D eigenvalue weighted by atomic mass is 10.4. The van der Waals surface area contributed by atoms with Crippen LogP contribution < -0.4 is 5.32 Å². The third kappa shape index (κ3) is 9.04. The first-order valence-corrected chi connectivity index (χ1v) is 4.27. The van der Waals surface area contributed by atoms with E-state index in [0.29, 0.717) is 19.8 Å². The van der Waals surface area contributed by atoms with Crippen LogP contribution in [0.3, 0.4) is 0 Å². The molecule has 0 unspecified atom stereocenters. The van der Waals surface area contributed by atoms with Gasteiger partial charge in [-0.2, -0.15) is 0 Å². The zero-order valence-corrected chi connectivity index (χ0v) is 8.04. The fourth-order valence-electron chi connectivity index (χ4n) is 0.676. The second kappa shape index (κ2) is 9.22. The highest BCUT2D eigenvalue weighted by Gasteiger charge is 1.96. The molecule has 76 valence electrons. The Hall–Kier alpha value is -0.870. The summed E-state index contributed by atoms with van der Waals surface area (Å²) in [6, 6.07) is 0. The third-order valence-corrected chi connectivity index (χ3v) is 1.39. The summed E-state index contributed by atoms with van der Waals surface area (Å²) in [6.07, 6.45) is 2.67. The van der Waals surface area contributed by atoms with Crippen molar-refractivity contribution < 1.29 is 14.3 Å². The molecule has 1 N–H and O–H groups in total. The van der Waals surface area contributed by atoms with Crippen LogP contribution in [0.2, 0.25) is 0 Å². The molecule has 0 aromatic carbocycles. The summed E-state index contributed by atoms with van der Waals surface area (Å²) in [7, 11) is 1.37. The summed E-state index contributed by atoms with van der Waals surface area (Å²) in [5.41, 5.74) is 0. The molecule has 0 heterocycles. The maximum Gasteiger partial charge on any atom is 0.319 e. The van der Waals surface area contributed by atoms with Crippen molar-refractivity contribution in [3.8, 4) is 0 Å². The van der Waals surface area contributed by atoms with Crippen molar-refractivity contribution in [3.05, 3.63) is 12.7 Å². The predicted octanol–water partition coefficient (Wildman–Crippen LogP) is 0.342. The molecule has 0 bridgehead atoms. The van der Waals surface area contributed by atoms with Gasteiger partial charge in [-0.3, -0.25) is 4.79 Å². The van der Waals surface area contributed by atoms with Gasteiger partial charge in [0.25, 0.3) is 0 Å². The van der Waals surface area contributed by atoms with Crippen LogP contribution in [0, 0.1) is 0 Å². The van der Waals surface area contributed by atoms with Crippen LogP contribution in [-0.4, -0.2) is 39.4 Å². The molecule has 0 rings (SSSR count). The van der Waals surface area contributed by atoms with E-state index >= 15 is 0 Å². The Balaban J connectivity index is 2.99. The van der Waals surface area contributed by atoms with Gasteiger partial charge in [-0.05, 0) is 6.42 Å². The number of hydrogen-bond donors (Lipinski definition) is 1. The number of carbonyl (C=O) groups is 1. The first kappa shape index (κ1) is 12.1. The highest BCUT2D eigenvalue weighted by Crippen LogP contribution is 1.81. The fourth-order valence-corrected chi connectivity index (χ4v) is 0.676. The number of nitrogens with one attached hydrogen (secondary N) is 1. The Kier molecular flexibility index (Phi) is 8.60. The average Bonchev–Trinajstić information content (AvgIpc) is 2.16. The number of carbonyl (C=O) groups excluding carboxylic acids is 1. The van der Waals surface area contributed by atoms with Crippen molar-refractivity contribution in [3.63, 3.8) is 0 Å². The Morgan fingerprint density at radius 1 is 1.54 bits per heavy atom. The Morgan fingerprint density at radius 2 is 2.31 bits per heavy atom. The largest absolute Gasteiger partial charge is 0.468 e. The molecule has 0 fully saturated rings. The monoisotopic (exact) mass is 187 g/mol. The van der Waals surface area contributed by atoms with Crippen molar-refractivity contribution in [1.29, 1.82) is 0 Å². The Bertz CT molecular complexity index is 148. The highest BCUT2D eigenvalue weighted by atomic mass is 16.5. The molecule has 0 aliphatic heterocycles. The second-order valence-electron chi connectivity index (χ2n) is 2.44. The van der Waals surface area contributed by atoms with Crippen LogP contribution in [0.15, 0.2) is 12.7 Å². The van der Waals surface area contributed by atoms with Crippen molar-refractivity contribution >= 4 is 5.97 Å². The minimum atomic E-state index is -0.258. The minimum absolute atomic E-state index is 0.237. The summed E-state index contributed by atoms with van der Waals surface area (Å²) in [5.74, 6) is -0.258. The van der Waals surface area contributed by atoms with Gasteiger partial charge in [-0.15, -0.1) is 6.58 Å². The third-order valence-electron chi connectivity index (χ3n) is 1.39. The van der Waals surface area contributed by atoms with Crippen LogP contribution in [0.1, 0.15) is 6.42 Å². The molecule has 0 aromatic heterocycles. The van der Waals surface area contributed by atoms with Crippen LogP contribution in [0.25, 0.3) is 0 Å². The van der Waals surface area contributed by atoms with Crippen LogP contribution in [-0.2, 0) is 14.3 Å². The molecule has 0 amide bonds. The molecule has 0 aliphatic rings. The maximum absolute atomic E-state index is 10.6. The van der Waals surface area contributed by atoms with Crippen molar-refractivity contribution in [2.75, 3.05) is 33.4 Å². The Labute approximate surface area is 78.9 Å². The first-order valence-electron chi connectivity index (χ1n) is 4.27. The number of esters is 1. The van der Waals surface area contributed by atoms with Gasteiger partial charge in [0, 0.05) is 6.54 Å². The van der Waals surface area contributed by atoms with Gasteiger partial charge >= 0.3 is 5.97 Å². The molecule has 0 saturated carbocycles. The van der Waals surface area contributed by atoms with Crippen molar-refractivity contribution in [2.45, 2.75) is 6.42 Å². The van der Waals surface area contributed by atoms with E-state index in [1.807, 2.05) is 6.08 Å². The van der Waals surface area contributed by atoms with E-state index in [2.05, 4.69) is 16.6 Å². The number of methoxy groups -OCH3 is 1. The molecule has 4 heteroatoms. The Morgan fingerprint density at radius 3 is 2.92 bits per heavy atom. The van der Waals surface area contributed by atoms with Gasteiger partial charge in [-0.1, -0.05) is 6.08 Å². The normalized spacial score (nSPS) is 9.62. The maximum atomic E-state index is 10.6. The van der Waals surface area contributed by atoms with E-state index in [-0.39, 0.29) is 12.5 Å². The molecular weight excluding hydrogens is 170 g/mol. The SMILES string of the molecule is C=CCCOCCNCC(=O)OC. The summed E-state index contributed by atoms with van der Waals surface area (Å²) in [5, 5.41) is 2.89. The zero-order valence-electron chi connectivity index (χ0n) is 8.04. The lowest BCUT2D eigenvalue weighted by Gasteiger charge is -2.03. The van der Waals surface area contributed by atoms with E-state index < -0.39 is 0 Å². The smallest absolute Gasteiger partial charge is 0.319 e. The summed E-state index contributed by atoms with van der Waals surface area (Å²) >= 11 is 0. The van der Waals surface area contributed by atoms with Gasteiger partial charge < -0.3 is 14.8 Å². The molecule has 0 spiro atoms. The molecule has 0 radical (unpaired) electrons. The van der Waals surface area contributed by atoms with Crippen molar-refractivity contribution in [2.24, 2.45) is 0 Å². The van der Waals surface area contributed by atoms with E-state index in [1.54, 1.807) is 0 Å². The zero-order chi connectivity index (χ0) is 9.94.